The minimum Gasteiger partial charge on any atom is -0.290 e. The summed E-state index contributed by atoms with van der Waals surface area (Å²) in [7, 11) is 0. The molecule has 5 heteroatoms. The van der Waals surface area contributed by atoms with Crippen LogP contribution in [0.5, 0.6) is 0 Å². The van der Waals surface area contributed by atoms with Gasteiger partial charge in [-0.15, -0.1) is 11.3 Å². The van der Waals surface area contributed by atoms with Gasteiger partial charge in [-0.25, -0.2) is 0 Å². The van der Waals surface area contributed by atoms with E-state index in [1.807, 2.05) is 29.2 Å². The van der Waals surface area contributed by atoms with Crippen LogP contribution >= 0.6 is 22.9 Å². The second-order valence-electron chi connectivity index (χ2n) is 5.93. The van der Waals surface area contributed by atoms with Crippen LogP contribution in [-0.4, -0.2) is 23.4 Å². The lowest BCUT2D eigenvalue weighted by Gasteiger charge is -2.29. The van der Waals surface area contributed by atoms with Crippen LogP contribution in [0.4, 0.5) is 5.69 Å². The zero-order valence-electron chi connectivity index (χ0n) is 12.3. The van der Waals surface area contributed by atoms with Crippen molar-refractivity contribution in [2.24, 2.45) is 0 Å². The van der Waals surface area contributed by atoms with Crippen molar-refractivity contribution in [3.05, 3.63) is 51.2 Å². The monoisotopic (exact) mass is 332 g/mol. The zero-order chi connectivity index (χ0) is 15.3. The number of benzene rings is 1. The lowest BCUT2D eigenvalue weighted by molar-refractivity contribution is -0.119. The molecule has 114 valence electrons. The van der Waals surface area contributed by atoms with Gasteiger partial charge in [0.2, 0.25) is 5.91 Å². The Kier molecular flexibility index (Phi) is 3.48. The second kappa shape index (κ2) is 5.37. The second-order valence-corrected chi connectivity index (χ2v) is 7.31. The first kappa shape index (κ1) is 14.2. The van der Waals surface area contributed by atoms with E-state index in [-0.39, 0.29) is 18.1 Å². The van der Waals surface area contributed by atoms with Crippen LogP contribution in [-0.2, 0) is 4.79 Å². The number of halogens is 1. The van der Waals surface area contributed by atoms with Gasteiger partial charge in [-0.1, -0.05) is 17.7 Å². The summed E-state index contributed by atoms with van der Waals surface area (Å²) in [4.78, 5) is 18.5. The summed E-state index contributed by atoms with van der Waals surface area (Å²) in [6.07, 6.45) is 2.07. The molecule has 3 heterocycles. The van der Waals surface area contributed by atoms with Crippen molar-refractivity contribution < 1.29 is 4.79 Å². The molecule has 0 spiro atoms. The summed E-state index contributed by atoms with van der Waals surface area (Å²) in [6, 6.07) is 9.76. The normalized spacial score (nSPS) is 25.0. The first-order valence-corrected chi connectivity index (χ1v) is 8.81. The number of anilines is 1. The first-order chi connectivity index (χ1) is 10.7. The number of carbonyl (C=O) groups excluding carboxylic acids is 1. The van der Waals surface area contributed by atoms with Gasteiger partial charge in [-0.05, 0) is 55.0 Å². The fraction of sp³-hybridized carbons (Fsp3) is 0.353. The summed E-state index contributed by atoms with van der Waals surface area (Å²) < 4.78 is 0. The molecular weight excluding hydrogens is 316 g/mol. The lowest BCUT2D eigenvalue weighted by Crippen LogP contribution is -2.32. The summed E-state index contributed by atoms with van der Waals surface area (Å²) in [5.74, 6) is 0.206. The fourth-order valence-corrected chi connectivity index (χ4v) is 4.81. The van der Waals surface area contributed by atoms with E-state index in [4.69, 9.17) is 11.6 Å². The average Bonchev–Trinajstić information content (AvgIpc) is 3.17. The molecule has 0 N–H and O–H groups in total. The highest BCUT2D eigenvalue weighted by Gasteiger charge is 2.50. The van der Waals surface area contributed by atoms with Gasteiger partial charge in [0.25, 0.3) is 0 Å². The van der Waals surface area contributed by atoms with Gasteiger partial charge in [0.15, 0.2) is 0 Å². The van der Waals surface area contributed by atoms with Crippen molar-refractivity contribution in [1.29, 1.82) is 0 Å². The van der Waals surface area contributed by atoms with Crippen LogP contribution in [0, 0.1) is 6.92 Å². The number of fused-ring (bicyclic) bond motifs is 1. The van der Waals surface area contributed by atoms with Crippen molar-refractivity contribution in [3.63, 3.8) is 0 Å². The van der Waals surface area contributed by atoms with E-state index in [0.717, 1.165) is 25.1 Å². The maximum atomic E-state index is 13.0. The third-order valence-electron chi connectivity index (χ3n) is 4.60. The molecule has 2 aromatic rings. The largest absolute Gasteiger partial charge is 0.290 e. The summed E-state index contributed by atoms with van der Waals surface area (Å²) in [5.41, 5.74) is 2.15. The lowest BCUT2D eigenvalue weighted by atomic mass is 10.2. The van der Waals surface area contributed by atoms with E-state index in [1.54, 1.807) is 11.3 Å². The van der Waals surface area contributed by atoms with E-state index >= 15 is 0 Å². The molecular formula is C17H17ClN2OS. The number of nitrogens with zero attached hydrogens (tertiary/aromatic N) is 2. The smallest absolute Gasteiger partial charge is 0.246 e. The van der Waals surface area contributed by atoms with Crippen LogP contribution < -0.4 is 4.90 Å². The van der Waals surface area contributed by atoms with E-state index in [2.05, 4.69) is 23.3 Å². The van der Waals surface area contributed by atoms with Crippen molar-refractivity contribution in [1.82, 2.24) is 4.90 Å². The maximum absolute atomic E-state index is 13.0. The van der Waals surface area contributed by atoms with Crippen molar-refractivity contribution in [2.75, 3.05) is 11.4 Å². The quantitative estimate of drug-likeness (QED) is 0.822. The number of aryl methyl sites for hydroxylation is 1. The molecule has 1 aromatic carbocycles. The van der Waals surface area contributed by atoms with Crippen LogP contribution in [0.3, 0.4) is 0 Å². The van der Waals surface area contributed by atoms with E-state index in [9.17, 15) is 4.79 Å². The Hall–Kier alpha value is -1.36. The number of hydrogen-bond donors (Lipinski definition) is 0. The topological polar surface area (TPSA) is 23.6 Å². The molecule has 22 heavy (non-hydrogen) atoms. The van der Waals surface area contributed by atoms with Gasteiger partial charge in [-0.2, -0.15) is 0 Å². The van der Waals surface area contributed by atoms with Gasteiger partial charge in [-0.3, -0.25) is 14.6 Å². The Morgan fingerprint density at radius 3 is 2.91 bits per heavy atom. The number of carbonyl (C=O) groups is 1. The van der Waals surface area contributed by atoms with Crippen molar-refractivity contribution in [3.8, 4) is 0 Å². The van der Waals surface area contributed by atoms with Gasteiger partial charge < -0.3 is 0 Å². The number of amides is 1. The van der Waals surface area contributed by atoms with Crippen molar-refractivity contribution >= 4 is 34.5 Å². The SMILES string of the molecule is Cc1ccsc1C1N(c2cccc(Cl)c2)C(=O)C2CCCN21. The van der Waals surface area contributed by atoms with Gasteiger partial charge in [0.1, 0.15) is 6.17 Å². The summed E-state index contributed by atoms with van der Waals surface area (Å²) in [5, 5.41) is 2.77. The molecule has 2 unspecified atom stereocenters. The van der Waals surface area contributed by atoms with Crippen LogP contribution in [0.25, 0.3) is 0 Å². The Labute approximate surface area is 139 Å². The van der Waals surface area contributed by atoms with E-state index < -0.39 is 0 Å². The molecule has 1 aromatic heterocycles. The number of hydrogen-bond acceptors (Lipinski definition) is 3. The van der Waals surface area contributed by atoms with Crippen LogP contribution in [0.2, 0.25) is 5.02 Å². The summed E-state index contributed by atoms with van der Waals surface area (Å²) >= 11 is 7.88. The Bertz CT molecular complexity index is 729. The maximum Gasteiger partial charge on any atom is 0.246 e. The minimum atomic E-state index is 0.0125. The first-order valence-electron chi connectivity index (χ1n) is 7.55. The standard InChI is InChI=1S/C17H17ClN2OS/c1-11-7-9-22-15(11)16-19-8-3-6-14(19)17(21)20(16)13-5-2-4-12(18)10-13/h2,4-5,7,9-10,14,16H,3,6,8H2,1H3. The molecule has 0 saturated carbocycles. The highest BCUT2D eigenvalue weighted by Crippen LogP contribution is 2.44. The Morgan fingerprint density at radius 1 is 1.32 bits per heavy atom. The van der Waals surface area contributed by atoms with Crippen molar-refractivity contribution in [2.45, 2.75) is 32.0 Å². The highest BCUT2D eigenvalue weighted by molar-refractivity contribution is 7.10. The Balaban J connectivity index is 1.84. The molecule has 1 amide bonds. The third-order valence-corrected chi connectivity index (χ3v) is 5.89. The molecule has 0 aliphatic carbocycles. The van der Waals surface area contributed by atoms with Gasteiger partial charge in [0, 0.05) is 22.1 Å². The Morgan fingerprint density at radius 2 is 2.18 bits per heavy atom. The fourth-order valence-electron chi connectivity index (χ4n) is 3.59. The zero-order valence-corrected chi connectivity index (χ0v) is 13.9. The molecule has 2 saturated heterocycles. The molecule has 2 fully saturated rings. The van der Waals surface area contributed by atoms with Gasteiger partial charge >= 0.3 is 0 Å². The minimum absolute atomic E-state index is 0.0125. The van der Waals surface area contributed by atoms with Gasteiger partial charge in [0.05, 0.1) is 6.04 Å². The molecule has 2 aliphatic rings. The van der Waals surface area contributed by atoms with E-state index in [0.29, 0.717) is 5.02 Å². The molecule has 0 bridgehead atoms. The predicted octanol–water partition coefficient (Wildman–Crippen LogP) is 4.22. The molecule has 0 radical (unpaired) electrons. The molecule has 2 aliphatic heterocycles. The number of rotatable bonds is 2. The molecule has 2 atom stereocenters. The number of thiophene rings is 1. The molecule has 3 nitrogen and oxygen atoms in total. The van der Waals surface area contributed by atoms with E-state index in [1.165, 1.54) is 10.4 Å². The van der Waals surface area contributed by atoms with Crippen LogP contribution in [0.1, 0.15) is 29.4 Å². The third kappa shape index (κ3) is 2.09. The van der Waals surface area contributed by atoms with Crippen LogP contribution in [0.15, 0.2) is 35.7 Å². The molecule has 4 rings (SSSR count). The highest BCUT2D eigenvalue weighted by atomic mass is 35.5. The average molecular weight is 333 g/mol. The predicted molar refractivity (Wildman–Crippen MR) is 90.5 cm³/mol. The summed E-state index contributed by atoms with van der Waals surface area (Å²) in [6.45, 7) is 3.10.